The van der Waals surface area contributed by atoms with Crippen molar-refractivity contribution in [3.63, 3.8) is 0 Å². The minimum Gasteiger partial charge on any atom is -0.492 e. The lowest BCUT2D eigenvalue weighted by Gasteiger charge is -2.13. The number of unbranched alkanes of at least 4 members (excludes halogenated alkanes) is 3. The van der Waals surface area contributed by atoms with Gasteiger partial charge in [0.05, 0.1) is 11.6 Å². The fourth-order valence-electron chi connectivity index (χ4n) is 2.00. The predicted molar refractivity (Wildman–Crippen MR) is 87.6 cm³/mol. The molecule has 1 aromatic carbocycles. The van der Waals surface area contributed by atoms with Crippen LogP contribution in [0, 0.1) is 0 Å². The minimum atomic E-state index is 0.701. The van der Waals surface area contributed by atoms with Crippen LogP contribution in [-0.4, -0.2) is 13.2 Å². The lowest BCUT2D eigenvalue weighted by Crippen LogP contribution is -2.15. The maximum Gasteiger partial charge on any atom is 0.142 e. The van der Waals surface area contributed by atoms with E-state index in [4.69, 9.17) is 16.3 Å². The standard InChI is InChI=1S/C17H26ClNO/c1-3-5-6-7-8-13-20-17-15(14-19-12-4-2)10-9-11-16(17)18/h3,9-11,19H,1,4-8,12-14H2,2H3. The normalized spacial score (nSPS) is 10.5. The summed E-state index contributed by atoms with van der Waals surface area (Å²) in [5, 5.41) is 4.09. The zero-order chi connectivity index (χ0) is 14.6. The van der Waals surface area contributed by atoms with Gasteiger partial charge in [-0.05, 0) is 44.7 Å². The summed E-state index contributed by atoms with van der Waals surface area (Å²) in [4.78, 5) is 0. The van der Waals surface area contributed by atoms with Gasteiger partial charge >= 0.3 is 0 Å². The maximum atomic E-state index is 6.24. The smallest absolute Gasteiger partial charge is 0.142 e. The Hall–Kier alpha value is -0.990. The van der Waals surface area contributed by atoms with Crippen LogP contribution in [0.2, 0.25) is 5.02 Å². The van der Waals surface area contributed by atoms with Crippen LogP contribution >= 0.6 is 11.6 Å². The van der Waals surface area contributed by atoms with Gasteiger partial charge in [0.15, 0.2) is 0 Å². The number of para-hydroxylation sites is 1. The third kappa shape index (κ3) is 6.44. The fraction of sp³-hybridized carbons (Fsp3) is 0.529. The Balaban J connectivity index is 2.43. The molecule has 0 aromatic heterocycles. The number of hydrogen-bond donors (Lipinski definition) is 1. The Labute approximate surface area is 128 Å². The average molecular weight is 296 g/mol. The first-order chi connectivity index (χ1) is 9.79. The Morgan fingerprint density at radius 3 is 2.90 bits per heavy atom. The van der Waals surface area contributed by atoms with Gasteiger partial charge < -0.3 is 10.1 Å². The van der Waals surface area contributed by atoms with Crippen molar-refractivity contribution >= 4 is 11.6 Å². The third-order valence-electron chi connectivity index (χ3n) is 3.09. The van der Waals surface area contributed by atoms with E-state index in [2.05, 4.69) is 24.9 Å². The fourth-order valence-corrected chi connectivity index (χ4v) is 2.24. The van der Waals surface area contributed by atoms with Gasteiger partial charge in [0, 0.05) is 12.1 Å². The van der Waals surface area contributed by atoms with Gasteiger partial charge in [-0.2, -0.15) is 0 Å². The van der Waals surface area contributed by atoms with E-state index in [0.29, 0.717) is 5.02 Å². The van der Waals surface area contributed by atoms with Crippen molar-refractivity contribution < 1.29 is 4.74 Å². The molecule has 0 aliphatic heterocycles. The van der Waals surface area contributed by atoms with Gasteiger partial charge in [-0.25, -0.2) is 0 Å². The molecule has 1 N–H and O–H groups in total. The van der Waals surface area contributed by atoms with Gasteiger partial charge in [-0.3, -0.25) is 0 Å². The van der Waals surface area contributed by atoms with E-state index < -0.39 is 0 Å². The van der Waals surface area contributed by atoms with Crippen LogP contribution in [0.1, 0.15) is 44.6 Å². The summed E-state index contributed by atoms with van der Waals surface area (Å²) in [6.07, 6.45) is 7.58. The van der Waals surface area contributed by atoms with E-state index in [-0.39, 0.29) is 0 Å². The summed E-state index contributed by atoms with van der Waals surface area (Å²) in [7, 11) is 0. The second kappa shape index (κ2) is 10.8. The van der Waals surface area contributed by atoms with Gasteiger partial charge in [0.1, 0.15) is 5.75 Å². The quantitative estimate of drug-likeness (QED) is 0.460. The van der Waals surface area contributed by atoms with Crippen LogP contribution < -0.4 is 10.1 Å². The molecule has 0 aliphatic carbocycles. The van der Waals surface area contributed by atoms with Crippen LogP contribution in [0.4, 0.5) is 0 Å². The van der Waals surface area contributed by atoms with Crippen molar-refractivity contribution in [3.05, 3.63) is 41.4 Å². The van der Waals surface area contributed by atoms with Crippen molar-refractivity contribution in [2.45, 2.75) is 45.6 Å². The summed E-state index contributed by atoms with van der Waals surface area (Å²) >= 11 is 6.24. The highest BCUT2D eigenvalue weighted by Crippen LogP contribution is 2.28. The van der Waals surface area contributed by atoms with Crippen LogP contribution in [0.15, 0.2) is 30.9 Å². The molecule has 0 spiro atoms. The highest BCUT2D eigenvalue weighted by molar-refractivity contribution is 6.32. The highest BCUT2D eigenvalue weighted by Gasteiger charge is 2.07. The van der Waals surface area contributed by atoms with E-state index in [1.807, 2.05) is 18.2 Å². The zero-order valence-electron chi connectivity index (χ0n) is 12.5. The molecule has 0 unspecified atom stereocenters. The van der Waals surface area contributed by atoms with Crippen LogP contribution in [-0.2, 0) is 6.54 Å². The molecule has 0 heterocycles. The molecular weight excluding hydrogens is 270 g/mol. The van der Waals surface area contributed by atoms with Gasteiger partial charge in [-0.15, -0.1) is 6.58 Å². The van der Waals surface area contributed by atoms with E-state index in [1.165, 1.54) is 12.8 Å². The van der Waals surface area contributed by atoms with Crippen molar-refractivity contribution in [1.29, 1.82) is 0 Å². The molecule has 0 amide bonds. The first kappa shape index (κ1) is 17.1. The van der Waals surface area contributed by atoms with Gasteiger partial charge in [-0.1, -0.05) is 36.7 Å². The van der Waals surface area contributed by atoms with Crippen molar-refractivity contribution in [2.24, 2.45) is 0 Å². The van der Waals surface area contributed by atoms with Crippen molar-refractivity contribution in [2.75, 3.05) is 13.2 Å². The molecule has 0 saturated heterocycles. The number of ether oxygens (including phenoxy) is 1. The average Bonchev–Trinajstić information content (AvgIpc) is 2.45. The minimum absolute atomic E-state index is 0.701. The Bertz CT molecular complexity index is 393. The van der Waals surface area contributed by atoms with Crippen LogP contribution in [0.5, 0.6) is 5.75 Å². The number of nitrogens with one attached hydrogen (secondary N) is 1. The molecule has 0 bridgehead atoms. The molecule has 0 aliphatic rings. The van der Waals surface area contributed by atoms with Crippen LogP contribution in [0.3, 0.4) is 0 Å². The van der Waals surface area contributed by atoms with Crippen LogP contribution in [0.25, 0.3) is 0 Å². The zero-order valence-corrected chi connectivity index (χ0v) is 13.2. The molecular formula is C17H26ClNO. The molecule has 20 heavy (non-hydrogen) atoms. The largest absolute Gasteiger partial charge is 0.492 e. The summed E-state index contributed by atoms with van der Waals surface area (Å²) in [5.74, 6) is 0.835. The second-order valence-corrected chi connectivity index (χ2v) is 5.30. The summed E-state index contributed by atoms with van der Waals surface area (Å²) in [5.41, 5.74) is 1.14. The van der Waals surface area contributed by atoms with E-state index in [0.717, 1.165) is 50.3 Å². The molecule has 3 heteroatoms. The van der Waals surface area contributed by atoms with E-state index in [9.17, 15) is 0 Å². The van der Waals surface area contributed by atoms with Crippen molar-refractivity contribution in [1.82, 2.24) is 5.32 Å². The van der Waals surface area contributed by atoms with E-state index in [1.54, 1.807) is 0 Å². The maximum absolute atomic E-state index is 6.24. The second-order valence-electron chi connectivity index (χ2n) is 4.89. The molecule has 0 radical (unpaired) electrons. The molecule has 0 saturated carbocycles. The Morgan fingerprint density at radius 1 is 1.30 bits per heavy atom. The Kier molecular flexibility index (Phi) is 9.18. The molecule has 1 aromatic rings. The topological polar surface area (TPSA) is 21.3 Å². The molecule has 2 nitrogen and oxygen atoms in total. The number of halogens is 1. The first-order valence-electron chi connectivity index (χ1n) is 7.51. The molecule has 1 rings (SSSR count). The highest BCUT2D eigenvalue weighted by atomic mass is 35.5. The van der Waals surface area contributed by atoms with Gasteiger partial charge in [0.2, 0.25) is 0 Å². The predicted octanol–water partition coefficient (Wildman–Crippen LogP) is 4.96. The lowest BCUT2D eigenvalue weighted by molar-refractivity contribution is 0.302. The molecule has 0 fully saturated rings. The molecule has 0 atom stereocenters. The van der Waals surface area contributed by atoms with E-state index >= 15 is 0 Å². The third-order valence-corrected chi connectivity index (χ3v) is 3.39. The number of allylic oxidation sites excluding steroid dienone is 1. The SMILES string of the molecule is C=CCCCCCOc1c(Cl)cccc1CNCCC. The van der Waals surface area contributed by atoms with Gasteiger partial charge in [0.25, 0.3) is 0 Å². The number of hydrogen-bond acceptors (Lipinski definition) is 2. The number of benzene rings is 1. The monoisotopic (exact) mass is 295 g/mol. The summed E-state index contributed by atoms with van der Waals surface area (Å²) < 4.78 is 5.88. The first-order valence-corrected chi connectivity index (χ1v) is 7.89. The summed E-state index contributed by atoms with van der Waals surface area (Å²) in [6.45, 7) is 8.42. The van der Waals surface area contributed by atoms with Crippen molar-refractivity contribution in [3.8, 4) is 5.75 Å². The Morgan fingerprint density at radius 2 is 2.15 bits per heavy atom. The summed E-state index contributed by atoms with van der Waals surface area (Å²) in [6, 6.07) is 5.93. The molecule has 112 valence electrons. The lowest BCUT2D eigenvalue weighted by atomic mass is 10.2. The number of rotatable bonds is 11.